The zero-order valence-corrected chi connectivity index (χ0v) is 15.4. The van der Waals surface area contributed by atoms with E-state index in [0.29, 0.717) is 22.9 Å². The van der Waals surface area contributed by atoms with Gasteiger partial charge in [-0.15, -0.1) is 0 Å². The molecule has 1 aliphatic heterocycles. The molecular formula is C21H19N3O4. The molecule has 1 unspecified atom stereocenters. The van der Waals surface area contributed by atoms with Gasteiger partial charge in [0.1, 0.15) is 5.82 Å². The Labute approximate surface area is 160 Å². The van der Waals surface area contributed by atoms with Crippen molar-refractivity contribution in [3.05, 3.63) is 92.1 Å². The van der Waals surface area contributed by atoms with E-state index in [4.69, 9.17) is 9.47 Å². The Morgan fingerprint density at radius 1 is 0.893 bits per heavy atom. The van der Waals surface area contributed by atoms with E-state index < -0.39 is 17.2 Å². The predicted octanol–water partition coefficient (Wildman–Crippen LogP) is 2.68. The number of aromatic amines is 2. The van der Waals surface area contributed by atoms with Gasteiger partial charge >= 0.3 is 5.69 Å². The lowest BCUT2D eigenvalue weighted by atomic mass is 9.87. The fourth-order valence-corrected chi connectivity index (χ4v) is 3.51. The number of H-pyrrole nitrogens is 2. The Hall–Kier alpha value is -3.74. The molecule has 7 nitrogen and oxygen atoms in total. The second-order valence-corrected chi connectivity index (χ2v) is 6.33. The molecule has 3 aromatic rings. The molecule has 0 aliphatic carbocycles. The molecule has 4 rings (SSSR count). The first kappa shape index (κ1) is 17.7. The molecule has 2 aromatic carbocycles. The summed E-state index contributed by atoms with van der Waals surface area (Å²) in [6.07, 6.45) is 1.95. The van der Waals surface area contributed by atoms with Crippen molar-refractivity contribution in [1.29, 1.82) is 0 Å². The third-order valence-corrected chi connectivity index (χ3v) is 4.74. The van der Waals surface area contributed by atoms with Crippen molar-refractivity contribution in [2.75, 3.05) is 19.5 Å². The number of fused-ring (bicyclic) bond motifs is 1. The monoisotopic (exact) mass is 377 g/mol. The molecule has 7 heteroatoms. The Bertz CT molecular complexity index is 1160. The molecular weight excluding hydrogens is 358 g/mol. The summed E-state index contributed by atoms with van der Waals surface area (Å²) in [6, 6.07) is 15.2. The van der Waals surface area contributed by atoms with Crippen LogP contribution in [0.15, 0.2) is 64.2 Å². The highest BCUT2D eigenvalue weighted by molar-refractivity contribution is 5.81. The number of methoxy groups -OCH3 is 2. The summed E-state index contributed by atoms with van der Waals surface area (Å²) in [4.78, 5) is 29.5. The van der Waals surface area contributed by atoms with Gasteiger partial charge in [-0.3, -0.25) is 14.8 Å². The number of nitrogens with one attached hydrogen (secondary N) is 3. The standard InChI is InChI=1S/C21H19N3O4/c1-27-16-10-6-9-13(18(16)28-2)14-11-15(12-7-4-3-5-8-12)22-19-17(14)20(25)24-21(26)23-19/h3-11,14H,1-2H3,(H3,22,23,24,25,26). The van der Waals surface area contributed by atoms with Crippen molar-refractivity contribution in [2.24, 2.45) is 0 Å². The van der Waals surface area contributed by atoms with Crippen molar-refractivity contribution in [2.45, 2.75) is 5.92 Å². The number of ether oxygens (including phenoxy) is 2. The lowest BCUT2D eigenvalue weighted by Gasteiger charge is -2.26. The van der Waals surface area contributed by atoms with Crippen LogP contribution in [0.2, 0.25) is 0 Å². The molecule has 28 heavy (non-hydrogen) atoms. The van der Waals surface area contributed by atoms with E-state index in [1.807, 2.05) is 48.5 Å². The normalized spacial score (nSPS) is 15.2. The van der Waals surface area contributed by atoms with Gasteiger partial charge in [-0.1, -0.05) is 42.5 Å². The van der Waals surface area contributed by atoms with Gasteiger partial charge in [0.05, 0.1) is 19.8 Å². The summed E-state index contributed by atoms with van der Waals surface area (Å²) in [7, 11) is 3.12. The maximum atomic E-state index is 12.6. The summed E-state index contributed by atoms with van der Waals surface area (Å²) in [6.45, 7) is 0. The van der Waals surface area contributed by atoms with Crippen LogP contribution in [-0.4, -0.2) is 24.2 Å². The van der Waals surface area contributed by atoms with E-state index in [9.17, 15) is 9.59 Å². The third-order valence-electron chi connectivity index (χ3n) is 4.74. The van der Waals surface area contributed by atoms with E-state index in [0.717, 1.165) is 16.8 Å². The molecule has 1 aliphatic rings. The van der Waals surface area contributed by atoms with E-state index >= 15 is 0 Å². The topological polar surface area (TPSA) is 96.2 Å². The highest BCUT2D eigenvalue weighted by Gasteiger charge is 2.29. The summed E-state index contributed by atoms with van der Waals surface area (Å²) >= 11 is 0. The van der Waals surface area contributed by atoms with Gasteiger partial charge in [0, 0.05) is 17.2 Å². The molecule has 0 spiro atoms. The first-order valence-corrected chi connectivity index (χ1v) is 8.74. The van der Waals surface area contributed by atoms with Crippen molar-refractivity contribution in [3.63, 3.8) is 0 Å². The Morgan fingerprint density at radius 2 is 1.68 bits per heavy atom. The summed E-state index contributed by atoms with van der Waals surface area (Å²) in [5.41, 5.74) is 1.86. The van der Waals surface area contributed by atoms with E-state index in [1.165, 1.54) is 0 Å². The lowest BCUT2D eigenvalue weighted by Crippen LogP contribution is -2.31. The summed E-state index contributed by atoms with van der Waals surface area (Å²) < 4.78 is 11.0. The molecule has 0 radical (unpaired) electrons. The molecule has 142 valence electrons. The molecule has 0 fully saturated rings. The van der Waals surface area contributed by atoms with Gasteiger partial charge in [-0.25, -0.2) is 4.79 Å². The molecule has 0 bridgehead atoms. The van der Waals surface area contributed by atoms with Crippen LogP contribution >= 0.6 is 0 Å². The van der Waals surface area contributed by atoms with Gasteiger partial charge < -0.3 is 14.8 Å². The van der Waals surface area contributed by atoms with Crippen molar-refractivity contribution in [1.82, 2.24) is 9.97 Å². The molecule has 0 amide bonds. The largest absolute Gasteiger partial charge is 0.493 e. The maximum Gasteiger partial charge on any atom is 0.327 e. The van der Waals surface area contributed by atoms with Crippen LogP contribution < -0.4 is 26.0 Å². The lowest BCUT2D eigenvalue weighted by molar-refractivity contribution is 0.351. The first-order valence-electron chi connectivity index (χ1n) is 8.74. The predicted molar refractivity (Wildman–Crippen MR) is 107 cm³/mol. The van der Waals surface area contributed by atoms with Crippen molar-refractivity contribution in [3.8, 4) is 11.5 Å². The van der Waals surface area contributed by atoms with Crippen LogP contribution in [0.25, 0.3) is 5.70 Å². The number of hydrogen-bond donors (Lipinski definition) is 3. The summed E-state index contributed by atoms with van der Waals surface area (Å²) in [5, 5.41) is 3.17. The second kappa shape index (κ2) is 7.11. The Balaban J connectivity index is 1.98. The third kappa shape index (κ3) is 2.96. The van der Waals surface area contributed by atoms with Crippen LogP contribution in [0.3, 0.4) is 0 Å². The van der Waals surface area contributed by atoms with Crippen molar-refractivity contribution >= 4 is 11.5 Å². The number of aromatic nitrogens is 2. The molecule has 1 aromatic heterocycles. The quantitative estimate of drug-likeness (QED) is 0.650. The number of hydrogen-bond acceptors (Lipinski definition) is 5. The molecule has 1 atom stereocenters. The molecule has 0 saturated carbocycles. The van der Waals surface area contributed by atoms with Gasteiger partial charge in [0.25, 0.3) is 5.56 Å². The average Bonchev–Trinajstić information content (AvgIpc) is 2.72. The highest BCUT2D eigenvalue weighted by atomic mass is 16.5. The minimum Gasteiger partial charge on any atom is -0.493 e. The smallest absolute Gasteiger partial charge is 0.327 e. The van der Waals surface area contributed by atoms with Gasteiger partial charge in [0.15, 0.2) is 11.5 Å². The Kier molecular flexibility index (Phi) is 4.49. The van der Waals surface area contributed by atoms with Crippen LogP contribution in [0.4, 0.5) is 5.82 Å². The number of rotatable bonds is 4. The zero-order valence-electron chi connectivity index (χ0n) is 15.4. The number of benzene rings is 2. The average molecular weight is 377 g/mol. The van der Waals surface area contributed by atoms with E-state index in [2.05, 4.69) is 15.3 Å². The summed E-state index contributed by atoms with van der Waals surface area (Å²) in [5.74, 6) is 1.02. The fourth-order valence-electron chi connectivity index (χ4n) is 3.51. The second-order valence-electron chi connectivity index (χ2n) is 6.33. The van der Waals surface area contributed by atoms with E-state index in [1.54, 1.807) is 20.3 Å². The van der Waals surface area contributed by atoms with E-state index in [-0.39, 0.29) is 0 Å². The number of para-hydroxylation sites is 1. The molecule has 0 saturated heterocycles. The Morgan fingerprint density at radius 3 is 2.39 bits per heavy atom. The zero-order chi connectivity index (χ0) is 19.7. The van der Waals surface area contributed by atoms with Gasteiger partial charge in [0.2, 0.25) is 0 Å². The van der Waals surface area contributed by atoms with Crippen molar-refractivity contribution < 1.29 is 9.47 Å². The molecule has 2 heterocycles. The maximum absolute atomic E-state index is 12.6. The van der Waals surface area contributed by atoms with Crippen LogP contribution in [0.1, 0.15) is 22.6 Å². The minimum absolute atomic E-state index is 0.366. The molecule has 3 N–H and O–H groups in total. The van der Waals surface area contributed by atoms with Gasteiger partial charge in [-0.2, -0.15) is 0 Å². The highest BCUT2D eigenvalue weighted by Crippen LogP contribution is 2.42. The number of allylic oxidation sites excluding steroid dienone is 1. The van der Waals surface area contributed by atoms with Gasteiger partial charge in [-0.05, 0) is 17.7 Å². The SMILES string of the molecule is COc1cccc(C2C=C(c3ccccc3)Nc3[nH]c(=O)[nH]c(=O)c32)c1OC. The fraction of sp³-hybridized carbons (Fsp3) is 0.143. The minimum atomic E-state index is -0.568. The first-order chi connectivity index (χ1) is 13.6. The van der Waals surface area contributed by atoms with Crippen LogP contribution in [0, 0.1) is 0 Å². The van der Waals surface area contributed by atoms with Crippen LogP contribution in [0.5, 0.6) is 11.5 Å². The van der Waals surface area contributed by atoms with Crippen LogP contribution in [-0.2, 0) is 0 Å². The number of anilines is 1.